The number of nitrogens with one attached hydrogen (secondary N) is 1. The van der Waals surface area contributed by atoms with Crippen molar-refractivity contribution in [2.75, 3.05) is 11.2 Å². The van der Waals surface area contributed by atoms with Crippen LogP contribution >= 0.6 is 11.6 Å². The number of benzene rings is 1. The van der Waals surface area contributed by atoms with Gasteiger partial charge in [-0.1, -0.05) is 44.4 Å². The monoisotopic (exact) mass is 323 g/mol. The van der Waals surface area contributed by atoms with Crippen molar-refractivity contribution in [3.05, 3.63) is 30.3 Å². The molecule has 0 aliphatic heterocycles. The van der Waals surface area contributed by atoms with Crippen molar-refractivity contribution in [3.63, 3.8) is 0 Å². The van der Waals surface area contributed by atoms with Crippen LogP contribution in [0.5, 0.6) is 0 Å². The van der Waals surface area contributed by atoms with E-state index in [2.05, 4.69) is 12.2 Å². The molecule has 0 saturated heterocycles. The molecule has 1 unspecified atom stereocenters. The lowest BCUT2D eigenvalue weighted by Gasteiger charge is -2.15. The van der Waals surface area contributed by atoms with Gasteiger partial charge in [-0.15, -0.1) is 11.6 Å². The second-order valence-electron chi connectivity index (χ2n) is 5.67. The van der Waals surface area contributed by atoms with E-state index >= 15 is 0 Å². The molecular weight excluding hydrogens is 298 g/mol. The van der Waals surface area contributed by atoms with Crippen molar-refractivity contribution < 1.29 is 9.59 Å². The predicted molar refractivity (Wildman–Crippen MR) is 92.3 cm³/mol. The molecule has 22 heavy (non-hydrogen) atoms. The lowest BCUT2D eigenvalue weighted by molar-refractivity contribution is -0.126. The van der Waals surface area contributed by atoms with Crippen molar-refractivity contribution in [2.24, 2.45) is 5.92 Å². The molecule has 0 aliphatic carbocycles. The number of Topliss-reactive ketones (excluding diaryl/α,β-unsaturated/α-hetero) is 1. The van der Waals surface area contributed by atoms with Crippen LogP contribution in [0.3, 0.4) is 0 Å². The SMILES string of the molecule is CCCCC(CCCCl)CC(=O)CC(=O)Nc1ccccc1. The van der Waals surface area contributed by atoms with E-state index in [0.29, 0.717) is 18.2 Å². The number of hydrogen-bond donors (Lipinski definition) is 1. The van der Waals surface area contributed by atoms with Gasteiger partial charge in [-0.3, -0.25) is 9.59 Å². The lowest BCUT2D eigenvalue weighted by Crippen LogP contribution is -2.18. The van der Waals surface area contributed by atoms with Gasteiger partial charge in [0.1, 0.15) is 5.78 Å². The molecule has 0 aromatic heterocycles. The van der Waals surface area contributed by atoms with Crippen LogP contribution in [0.2, 0.25) is 0 Å². The van der Waals surface area contributed by atoms with Crippen LogP contribution < -0.4 is 5.32 Å². The first-order valence-electron chi connectivity index (χ1n) is 8.08. The number of rotatable bonds is 11. The molecule has 0 bridgehead atoms. The second-order valence-corrected chi connectivity index (χ2v) is 6.05. The van der Waals surface area contributed by atoms with Crippen LogP contribution in [0.25, 0.3) is 0 Å². The smallest absolute Gasteiger partial charge is 0.231 e. The first kappa shape index (κ1) is 18.7. The Labute approximate surface area is 138 Å². The van der Waals surface area contributed by atoms with Gasteiger partial charge < -0.3 is 5.32 Å². The number of unbranched alkanes of at least 4 members (excludes halogenated alkanes) is 1. The molecule has 3 nitrogen and oxygen atoms in total. The normalized spacial score (nSPS) is 11.9. The summed E-state index contributed by atoms with van der Waals surface area (Å²) in [6.45, 7) is 2.15. The number of alkyl halides is 1. The molecule has 1 N–H and O–H groups in total. The van der Waals surface area contributed by atoms with Crippen molar-refractivity contribution >= 4 is 29.0 Å². The zero-order valence-electron chi connectivity index (χ0n) is 13.3. The average molecular weight is 324 g/mol. The van der Waals surface area contributed by atoms with Crippen molar-refractivity contribution in [3.8, 4) is 0 Å². The Morgan fingerprint density at radius 1 is 1.14 bits per heavy atom. The van der Waals surface area contributed by atoms with E-state index in [9.17, 15) is 9.59 Å². The van der Waals surface area contributed by atoms with Gasteiger partial charge in [0.05, 0.1) is 6.42 Å². The van der Waals surface area contributed by atoms with Gasteiger partial charge in [0.2, 0.25) is 5.91 Å². The van der Waals surface area contributed by atoms with E-state index in [1.54, 1.807) is 0 Å². The molecule has 0 radical (unpaired) electrons. The number of halogens is 1. The van der Waals surface area contributed by atoms with E-state index in [4.69, 9.17) is 11.6 Å². The number of carbonyl (C=O) groups is 2. The second kappa shape index (κ2) is 11.2. The minimum absolute atomic E-state index is 0.0177. The van der Waals surface area contributed by atoms with E-state index in [1.807, 2.05) is 30.3 Å². The number of para-hydroxylation sites is 1. The van der Waals surface area contributed by atoms with Gasteiger partial charge >= 0.3 is 0 Å². The molecule has 0 saturated carbocycles. The fraction of sp³-hybridized carbons (Fsp3) is 0.556. The van der Waals surface area contributed by atoms with Gasteiger partial charge in [-0.25, -0.2) is 0 Å². The topological polar surface area (TPSA) is 46.2 Å². The summed E-state index contributed by atoms with van der Waals surface area (Å²) in [6, 6.07) is 9.21. The fourth-order valence-corrected chi connectivity index (χ4v) is 2.66. The number of hydrogen-bond acceptors (Lipinski definition) is 2. The molecule has 1 aromatic carbocycles. The zero-order chi connectivity index (χ0) is 16.2. The summed E-state index contributed by atoms with van der Waals surface area (Å²) in [5.74, 6) is 0.772. The average Bonchev–Trinajstić information content (AvgIpc) is 2.50. The van der Waals surface area contributed by atoms with E-state index < -0.39 is 0 Å². The minimum atomic E-state index is -0.234. The molecular formula is C18H26ClNO2. The Morgan fingerprint density at radius 2 is 1.82 bits per heavy atom. The maximum atomic E-state index is 12.1. The molecule has 1 rings (SSSR count). The first-order chi connectivity index (χ1) is 10.7. The molecule has 0 heterocycles. The predicted octanol–water partition coefficient (Wildman–Crippen LogP) is 4.80. The number of carbonyl (C=O) groups excluding carboxylic acids is 2. The third-order valence-electron chi connectivity index (χ3n) is 3.64. The highest BCUT2D eigenvalue weighted by Gasteiger charge is 2.16. The van der Waals surface area contributed by atoms with Crippen LogP contribution in [0.1, 0.15) is 51.9 Å². The Morgan fingerprint density at radius 3 is 2.45 bits per heavy atom. The summed E-state index contributed by atoms with van der Waals surface area (Å²) in [6.07, 6.45) is 5.63. The third kappa shape index (κ3) is 8.18. The molecule has 4 heteroatoms. The van der Waals surface area contributed by atoms with Gasteiger partial charge in [0.15, 0.2) is 0 Å². The quantitative estimate of drug-likeness (QED) is 0.469. The van der Waals surface area contributed by atoms with Crippen LogP contribution in [0.4, 0.5) is 5.69 Å². The minimum Gasteiger partial charge on any atom is -0.326 e. The standard InChI is InChI=1S/C18H26ClNO2/c1-2-3-8-15(9-7-12-19)13-17(21)14-18(22)20-16-10-5-4-6-11-16/h4-6,10-11,15H,2-3,7-9,12-14H2,1H3,(H,20,22). The highest BCUT2D eigenvalue weighted by molar-refractivity contribution is 6.17. The maximum absolute atomic E-state index is 12.1. The maximum Gasteiger partial charge on any atom is 0.231 e. The van der Waals surface area contributed by atoms with Crippen LogP contribution in [0.15, 0.2) is 30.3 Å². The van der Waals surface area contributed by atoms with Crippen molar-refractivity contribution in [2.45, 2.75) is 51.9 Å². The third-order valence-corrected chi connectivity index (χ3v) is 3.91. The molecule has 1 amide bonds. The molecule has 0 fully saturated rings. The lowest BCUT2D eigenvalue weighted by atomic mass is 9.91. The first-order valence-corrected chi connectivity index (χ1v) is 8.61. The Balaban J connectivity index is 2.39. The van der Waals surface area contributed by atoms with Crippen molar-refractivity contribution in [1.82, 2.24) is 0 Å². The van der Waals surface area contributed by atoms with E-state index in [0.717, 1.165) is 37.8 Å². The van der Waals surface area contributed by atoms with Crippen LogP contribution in [-0.4, -0.2) is 17.6 Å². The van der Waals surface area contributed by atoms with Gasteiger partial charge in [-0.2, -0.15) is 0 Å². The van der Waals surface area contributed by atoms with E-state index in [-0.39, 0.29) is 18.1 Å². The molecule has 0 spiro atoms. The molecule has 122 valence electrons. The number of amides is 1. The van der Waals surface area contributed by atoms with E-state index in [1.165, 1.54) is 0 Å². The van der Waals surface area contributed by atoms with Crippen LogP contribution in [0, 0.1) is 5.92 Å². The summed E-state index contributed by atoms with van der Waals surface area (Å²) in [4.78, 5) is 24.0. The Hall–Kier alpha value is -1.35. The zero-order valence-corrected chi connectivity index (χ0v) is 14.1. The summed E-state index contributed by atoms with van der Waals surface area (Å²) in [5, 5.41) is 2.75. The van der Waals surface area contributed by atoms with Gasteiger partial charge in [-0.05, 0) is 30.9 Å². The largest absolute Gasteiger partial charge is 0.326 e. The summed E-state index contributed by atoms with van der Waals surface area (Å²) >= 11 is 5.74. The molecule has 0 aliphatic rings. The highest BCUT2D eigenvalue weighted by atomic mass is 35.5. The van der Waals surface area contributed by atoms with Crippen molar-refractivity contribution in [1.29, 1.82) is 0 Å². The number of anilines is 1. The van der Waals surface area contributed by atoms with Crippen LogP contribution in [-0.2, 0) is 9.59 Å². The summed E-state index contributed by atoms with van der Waals surface area (Å²) < 4.78 is 0. The fourth-order valence-electron chi connectivity index (χ4n) is 2.51. The Bertz CT molecular complexity index is 440. The number of ketones is 1. The summed E-state index contributed by atoms with van der Waals surface area (Å²) in [7, 11) is 0. The summed E-state index contributed by atoms with van der Waals surface area (Å²) in [5.41, 5.74) is 0.727. The Kier molecular flexibility index (Phi) is 9.56. The van der Waals surface area contributed by atoms with Gasteiger partial charge in [0.25, 0.3) is 0 Å². The molecule has 1 atom stereocenters. The molecule has 1 aromatic rings. The van der Waals surface area contributed by atoms with Gasteiger partial charge in [0, 0.05) is 18.0 Å². The highest BCUT2D eigenvalue weighted by Crippen LogP contribution is 2.20.